The molecule has 1 heterocycles. The molecule has 2 aromatic rings. The molecule has 0 spiro atoms. The summed E-state index contributed by atoms with van der Waals surface area (Å²) < 4.78 is 11.6. The van der Waals surface area contributed by atoms with Crippen LogP contribution in [-0.4, -0.2) is 37.3 Å². The summed E-state index contributed by atoms with van der Waals surface area (Å²) >= 11 is 5.57. The van der Waals surface area contributed by atoms with E-state index in [1.54, 1.807) is 7.11 Å². The van der Waals surface area contributed by atoms with E-state index in [4.69, 9.17) is 15.2 Å². The van der Waals surface area contributed by atoms with E-state index in [-0.39, 0.29) is 30.7 Å². The smallest absolute Gasteiger partial charge is 0.306 e. The van der Waals surface area contributed by atoms with Crippen molar-refractivity contribution in [2.24, 2.45) is 5.73 Å². The minimum Gasteiger partial charge on any atom is -0.496 e. The number of hydrogen-bond donors (Lipinski definition) is 2. The maximum absolute atomic E-state index is 12.4. The molecule has 0 saturated carbocycles. The van der Waals surface area contributed by atoms with Crippen molar-refractivity contribution in [3.8, 4) is 5.75 Å². The number of hydrogen-bond acceptors (Lipinski definition) is 7. The number of benzene rings is 1. The number of carbonyl (C=O) groups excluding carboxylic acids is 2. The maximum Gasteiger partial charge on any atom is 0.306 e. The standard InChI is InChI=1S/C18H23NO4S2/c1-11-7-16-12(8-15(11)22-2)9-17(25-16)14(20)3-4-18(21)23-13(10-24)5-6-19/h7-9,13,24H,3-6,10,19H2,1-2H3. The summed E-state index contributed by atoms with van der Waals surface area (Å²) in [5.74, 6) is 0.773. The highest BCUT2D eigenvalue weighted by molar-refractivity contribution is 7.80. The molecule has 0 saturated heterocycles. The van der Waals surface area contributed by atoms with Crippen LogP contribution >= 0.6 is 24.0 Å². The van der Waals surface area contributed by atoms with E-state index in [2.05, 4.69) is 12.6 Å². The first-order valence-corrected chi connectivity index (χ1v) is 9.55. The van der Waals surface area contributed by atoms with Crippen molar-refractivity contribution >= 4 is 45.8 Å². The minimum absolute atomic E-state index is 0.0592. The van der Waals surface area contributed by atoms with Crippen LogP contribution in [-0.2, 0) is 9.53 Å². The first-order valence-electron chi connectivity index (χ1n) is 8.10. The van der Waals surface area contributed by atoms with Gasteiger partial charge in [-0.25, -0.2) is 0 Å². The third kappa shape index (κ3) is 5.20. The molecule has 1 aromatic heterocycles. The number of rotatable bonds is 9. The summed E-state index contributed by atoms with van der Waals surface area (Å²) in [6, 6.07) is 5.78. The topological polar surface area (TPSA) is 78.6 Å². The molecule has 0 aliphatic heterocycles. The Kier molecular flexibility index (Phi) is 7.28. The fraction of sp³-hybridized carbons (Fsp3) is 0.444. The number of fused-ring (bicyclic) bond motifs is 1. The summed E-state index contributed by atoms with van der Waals surface area (Å²) in [6.45, 7) is 2.40. The number of Topliss-reactive ketones (excluding diaryl/α,β-unsaturated/α-hetero) is 1. The molecule has 0 radical (unpaired) electrons. The summed E-state index contributed by atoms with van der Waals surface area (Å²) in [5, 5.41) is 0.969. The third-order valence-corrected chi connectivity index (χ3v) is 5.40. The molecular formula is C18H23NO4S2. The van der Waals surface area contributed by atoms with Crippen LogP contribution in [0.4, 0.5) is 0 Å². The molecule has 1 unspecified atom stereocenters. The summed E-state index contributed by atoms with van der Waals surface area (Å²) in [6.07, 6.45) is 0.463. The Labute approximate surface area is 156 Å². The highest BCUT2D eigenvalue weighted by Crippen LogP contribution is 2.32. The Morgan fingerprint density at radius 2 is 2.04 bits per heavy atom. The number of ketones is 1. The quantitative estimate of drug-likeness (QED) is 0.395. The van der Waals surface area contributed by atoms with Crippen molar-refractivity contribution < 1.29 is 19.1 Å². The summed E-state index contributed by atoms with van der Waals surface area (Å²) in [7, 11) is 1.63. The molecule has 2 N–H and O–H groups in total. The first kappa shape index (κ1) is 19.8. The molecule has 5 nitrogen and oxygen atoms in total. The van der Waals surface area contributed by atoms with Crippen molar-refractivity contribution in [1.29, 1.82) is 0 Å². The molecule has 7 heteroatoms. The van der Waals surface area contributed by atoms with Crippen molar-refractivity contribution in [2.45, 2.75) is 32.3 Å². The van der Waals surface area contributed by atoms with Crippen LogP contribution in [0.5, 0.6) is 5.75 Å². The van der Waals surface area contributed by atoms with Crippen LogP contribution in [0, 0.1) is 6.92 Å². The van der Waals surface area contributed by atoms with E-state index in [0.29, 0.717) is 23.6 Å². The number of methoxy groups -OCH3 is 1. The molecular weight excluding hydrogens is 358 g/mol. The van der Waals surface area contributed by atoms with Gasteiger partial charge in [-0.3, -0.25) is 9.59 Å². The molecule has 136 valence electrons. The Balaban J connectivity index is 1.99. The van der Waals surface area contributed by atoms with Gasteiger partial charge in [0, 0.05) is 16.9 Å². The number of aryl methyl sites for hydroxylation is 1. The molecule has 2 rings (SSSR count). The number of ether oxygens (including phenoxy) is 2. The average molecular weight is 382 g/mol. The van der Waals surface area contributed by atoms with E-state index >= 15 is 0 Å². The molecule has 0 aliphatic carbocycles. The zero-order valence-electron chi connectivity index (χ0n) is 14.4. The molecule has 0 fully saturated rings. The number of carbonyl (C=O) groups is 2. The lowest BCUT2D eigenvalue weighted by atomic mass is 10.1. The van der Waals surface area contributed by atoms with Gasteiger partial charge >= 0.3 is 5.97 Å². The largest absolute Gasteiger partial charge is 0.496 e. The number of nitrogens with two attached hydrogens (primary N) is 1. The number of thiophene rings is 1. The SMILES string of the molecule is COc1cc2cc(C(=O)CCC(=O)OC(CS)CCN)sc2cc1C. The first-order chi connectivity index (χ1) is 12.0. The van der Waals surface area contributed by atoms with Gasteiger partial charge in [0.05, 0.1) is 18.4 Å². The van der Waals surface area contributed by atoms with Gasteiger partial charge in [0.25, 0.3) is 0 Å². The normalized spacial score (nSPS) is 12.2. The predicted octanol–water partition coefficient (Wildman–Crippen LogP) is 3.37. The third-order valence-electron chi connectivity index (χ3n) is 3.86. The van der Waals surface area contributed by atoms with Crippen molar-refractivity contribution in [2.75, 3.05) is 19.4 Å². The van der Waals surface area contributed by atoms with Gasteiger partial charge in [-0.1, -0.05) is 0 Å². The molecule has 0 aliphatic rings. The van der Waals surface area contributed by atoms with Crippen LogP contribution in [0.1, 0.15) is 34.5 Å². The lowest BCUT2D eigenvalue weighted by Crippen LogP contribution is -2.23. The number of thiol groups is 1. The van der Waals surface area contributed by atoms with E-state index in [0.717, 1.165) is 21.4 Å². The zero-order chi connectivity index (χ0) is 18.4. The van der Waals surface area contributed by atoms with Gasteiger partial charge in [0.2, 0.25) is 0 Å². The second-order valence-corrected chi connectivity index (χ2v) is 7.21. The lowest BCUT2D eigenvalue weighted by Gasteiger charge is -2.14. The van der Waals surface area contributed by atoms with Crippen LogP contribution < -0.4 is 10.5 Å². The maximum atomic E-state index is 12.4. The average Bonchev–Trinajstić information content (AvgIpc) is 3.01. The van der Waals surface area contributed by atoms with Crippen LogP contribution in [0.25, 0.3) is 10.1 Å². The van der Waals surface area contributed by atoms with E-state index in [1.165, 1.54) is 11.3 Å². The predicted molar refractivity (Wildman–Crippen MR) is 104 cm³/mol. The van der Waals surface area contributed by atoms with Gasteiger partial charge in [0.1, 0.15) is 11.9 Å². The zero-order valence-corrected chi connectivity index (χ0v) is 16.1. The Bertz CT molecular complexity index is 757. The fourth-order valence-electron chi connectivity index (χ4n) is 2.48. The Morgan fingerprint density at radius 3 is 2.68 bits per heavy atom. The van der Waals surface area contributed by atoms with Gasteiger partial charge in [-0.05, 0) is 49.0 Å². The molecule has 1 aromatic carbocycles. The Hall–Kier alpha value is -1.57. The van der Waals surface area contributed by atoms with E-state index in [1.807, 2.05) is 25.1 Å². The van der Waals surface area contributed by atoms with Gasteiger partial charge in [-0.15, -0.1) is 11.3 Å². The van der Waals surface area contributed by atoms with Crippen LogP contribution in [0.2, 0.25) is 0 Å². The monoisotopic (exact) mass is 381 g/mol. The lowest BCUT2D eigenvalue weighted by molar-refractivity contribution is -0.148. The van der Waals surface area contributed by atoms with Crippen LogP contribution in [0.15, 0.2) is 18.2 Å². The highest BCUT2D eigenvalue weighted by atomic mass is 32.1. The van der Waals surface area contributed by atoms with Gasteiger partial charge < -0.3 is 15.2 Å². The minimum atomic E-state index is -0.389. The molecule has 25 heavy (non-hydrogen) atoms. The molecule has 1 atom stereocenters. The number of esters is 1. The summed E-state index contributed by atoms with van der Waals surface area (Å²) in [4.78, 5) is 24.9. The highest BCUT2D eigenvalue weighted by Gasteiger charge is 2.16. The summed E-state index contributed by atoms with van der Waals surface area (Å²) in [5.41, 5.74) is 6.49. The van der Waals surface area contributed by atoms with Crippen molar-refractivity contribution in [3.63, 3.8) is 0 Å². The van der Waals surface area contributed by atoms with E-state index in [9.17, 15) is 9.59 Å². The fourth-order valence-corrected chi connectivity index (χ4v) is 3.85. The Morgan fingerprint density at radius 1 is 1.28 bits per heavy atom. The second kappa shape index (κ2) is 9.22. The molecule has 0 bridgehead atoms. The van der Waals surface area contributed by atoms with Gasteiger partial charge in [0.15, 0.2) is 5.78 Å². The van der Waals surface area contributed by atoms with Crippen LogP contribution in [0.3, 0.4) is 0 Å². The molecule has 0 amide bonds. The van der Waals surface area contributed by atoms with Crippen molar-refractivity contribution in [1.82, 2.24) is 0 Å². The van der Waals surface area contributed by atoms with E-state index < -0.39 is 0 Å². The van der Waals surface area contributed by atoms with Crippen molar-refractivity contribution in [3.05, 3.63) is 28.6 Å². The second-order valence-electron chi connectivity index (χ2n) is 5.77. The van der Waals surface area contributed by atoms with Gasteiger partial charge in [-0.2, -0.15) is 12.6 Å².